The molecule has 0 aliphatic carbocycles. The number of anilines is 1. The van der Waals surface area contributed by atoms with E-state index in [4.69, 9.17) is 0 Å². The number of benzene rings is 1. The van der Waals surface area contributed by atoms with E-state index in [1.165, 1.54) is 4.90 Å². The Morgan fingerprint density at radius 1 is 1.08 bits per heavy atom. The number of alkyl halides is 6. The third-order valence-corrected chi connectivity index (χ3v) is 7.09. The Balaban J connectivity index is 1.36. The van der Waals surface area contributed by atoms with Crippen LogP contribution < -0.4 is 4.90 Å². The fraction of sp³-hybridized carbons (Fsp3) is 0.364. The molecule has 0 saturated carbocycles. The highest BCUT2D eigenvalue weighted by atomic mass is 32.1. The van der Waals surface area contributed by atoms with E-state index in [0.717, 1.165) is 16.9 Å². The number of nitrogens with one attached hydrogen (secondary N) is 1. The molecule has 1 atom stereocenters. The van der Waals surface area contributed by atoms with Gasteiger partial charge in [0.1, 0.15) is 17.2 Å². The summed E-state index contributed by atoms with van der Waals surface area (Å²) in [4.78, 5) is 27.3. The van der Waals surface area contributed by atoms with Crippen molar-refractivity contribution in [3.8, 4) is 11.5 Å². The monoisotopic (exact) mass is 543 g/mol. The normalized spacial score (nSPS) is 17.1. The molecule has 1 aromatic carbocycles. The molecule has 37 heavy (non-hydrogen) atoms. The number of H-pyrrole nitrogens is 1. The lowest BCUT2D eigenvalue weighted by Crippen LogP contribution is -2.54. The number of amides is 1. The summed E-state index contributed by atoms with van der Waals surface area (Å²) < 4.78 is 80.0. The topological polar surface area (TPSA) is 82.9 Å². The van der Waals surface area contributed by atoms with Crippen LogP contribution in [-0.4, -0.2) is 61.2 Å². The Bertz CT molecular complexity index is 1410. The van der Waals surface area contributed by atoms with Gasteiger partial charge in [0, 0.05) is 31.9 Å². The molecular formula is C22H19F6N7OS. The number of para-hydroxylation sites is 2. The first-order valence-corrected chi connectivity index (χ1v) is 11.9. The van der Waals surface area contributed by atoms with Crippen molar-refractivity contribution < 1.29 is 31.1 Å². The van der Waals surface area contributed by atoms with Crippen LogP contribution in [0.2, 0.25) is 0 Å². The molecule has 1 aliphatic heterocycles. The van der Waals surface area contributed by atoms with Crippen LogP contribution in [0.3, 0.4) is 0 Å². The van der Waals surface area contributed by atoms with Gasteiger partial charge in [-0.05, 0) is 25.1 Å². The van der Waals surface area contributed by atoms with Gasteiger partial charge in [0.15, 0.2) is 11.5 Å². The van der Waals surface area contributed by atoms with Gasteiger partial charge in [-0.2, -0.15) is 31.4 Å². The molecule has 1 amide bonds. The summed E-state index contributed by atoms with van der Waals surface area (Å²) in [6.45, 7) is 1.90. The van der Waals surface area contributed by atoms with Crippen LogP contribution in [-0.2, 0) is 23.7 Å². The van der Waals surface area contributed by atoms with Gasteiger partial charge in [0.05, 0.1) is 11.0 Å². The number of rotatable bonds is 4. The molecule has 1 fully saturated rings. The van der Waals surface area contributed by atoms with Gasteiger partial charge in [-0.25, -0.2) is 9.97 Å². The second-order valence-electron chi connectivity index (χ2n) is 8.55. The summed E-state index contributed by atoms with van der Waals surface area (Å²) in [5.41, 5.74) is 0.209. The van der Waals surface area contributed by atoms with Crippen LogP contribution in [0.5, 0.6) is 0 Å². The van der Waals surface area contributed by atoms with Crippen molar-refractivity contribution in [1.82, 2.24) is 29.6 Å². The standard InChI is InChI=1S/C22H19F6N7OS/c1-12-10-33(8-9-35(12)16(36)11-34-7-6-15(32-34)21(23,24)25)19-17(31-20(37-19)22(26,27)28)18-29-13-4-2-3-5-14(13)30-18/h2-7,12H,8-11H2,1H3,(H,29,30)/t12-/m1/s1. The maximum Gasteiger partial charge on any atom is 0.443 e. The number of aromatic amines is 1. The molecule has 0 spiro atoms. The summed E-state index contributed by atoms with van der Waals surface area (Å²) in [6.07, 6.45) is -8.18. The summed E-state index contributed by atoms with van der Waals surface area (Å²) >= 11 is 0.503. The van der Waals surface area contributed by atoms with Crippen LogP contribution >= 0.6 is 11.3 Å². The molecule has 3 aromatic heterocycles. The second kappa shape index (κ2) is 9.04. The molecule has 5 rings (SSSR count). The van der Waals surface area contributed by atoms with E-state index in [1.54, 1.807) is 36.1 Å². The van der Waals surface area contributed by atoms with Crippen LogP contribution in [0.15, 0.2) is 36.5 Å². The number of halogens is 6. The molecule has 1 aliphatic rings. The Morgan fingerprint density at radius 3 is 2.49 bits per heavy atom. The van der Waals surface area contributed by atoms with Gasteiger partial charge >= 0.3 is 12.4 Å². The average molecular weight is 543 g/mol. The van der Waals surface area contributed by atoms with Gasteiger partial charge in [0.25, 0.3) is 0 Å². The van der Waals surface area contributed by atoms with Crippen molar-refractivity contribution in [1.29, 1.82) is 0 Å². The number of carbonyl (C=O) groups is 1. The fourth-order valence-electron chi connectivity index (χ4n) is 4.21. The molecule has 1 saturated heterocycles. The van der Waals surface area contributed by atoms with Gasteiger partial charge in [-0.1, -0.05) is 23.5 Å². The lowest BCUT2D eigenvalue weighted by Gasteiger charge is -2.40. The lowest BCUT2D eigenvalue weighted by atomic mass is 10.2. The molecule has 1 N–H and O–H groups in total. The van der Waals surface area contributed by atoms with E-state index >= 15 is 0 Å². The molecule has 0 unspecified atom stereocenters. The lowest BCUT2D eigenvalue weighted by molar-refractivity contribution is -0.142. The van der Waals surface area contributed by atoms with E-state index in [1.807, 2.05) is 0 Å². The molecule has 4 aromatic rings. The number of imidazole rings is 1. The predicted molar refractivity (Wildman–Crippen MR) is 123 cm³/mol. The van der Waals surface area contributed by atoms with Crippen molar-refractivity contribution in [2.75, 3.05) is 24.5 Å². The second-order valence-corrected chi connectivity index (χ2v) is 9.53. The van der Waals surface area contributed by atoms with Crippen LogP contribution in [0.1, 0.15) is 17.6 Å². The van der Waals surface area contributed by atoms with Gasteiger partial charge in [-0.15, -0.1) is 0 Å². The number of hydrogen-bond donors (Lipinski definition) is 1. The summed E-state index contributed by atoms with van der Waals surface area (Å²) in [7, 11) is 0. The molecule has 4 heterocycles. The van der Waals surface area contributed by atoms with E-state index in [-0.39, 0.29) is 42.7 Å². The highest BCUT2D eigenvalue weighted by molar-refractivity contribution is 7.16. The molecule has 15 heteroatoms. The highest BCUT2D eigenvalue weighted by Gasteiger charge is 2.39. The largest absolute Gasteiger partial charge is 0.443 e. The number of hydrogen-bond acceptors (Lipinski definition) is 6. The zero-order valence-corrected chi connectivity index (χ0v) is 20.0. The van der Waals surface area contributed by atoms with Crippen molar-refractivity contribution in [3.63, 3.8) is 0 Å². The van der Waals surface area contributed by atoms with Crippen molar-refractivity contribution in [2.45, 2.75) is 31.9 Å². The number of nitrogens with zero attached hydrogens (tertiary/aromatic N) is 6. The minimum Gasteiger partial charge on any atom is -0.358 e. The predicted octanol–water partition coefficient (Wildman–Crippen LogP) is 4.66. The number of thiazole rings is 1. The third-order valence-electron chi connectivity index (χ3n) is 5.93. The number of aromatic nitrogens is 5. The Kier molecular flexibility index (Phi) is 6.12. The summed E-state index contributed by atoms with van der Waals surface area (Å²) in [5, 5.41) is 2.66. The Hall–Kier alpha value is -3.62. The number of fused-ring (bicyclic) bond motifs is 1. The summed E-state index contributed by atoms with van der Waals surface area (Å²) in [5.74, 6) is -0.241. The number of carbonyl (C=O) groups excluding carboxylic acids is 1. The average Bonchev–Trinajstić information content (AvgIpc) is 3.55. The first kappa shape index (κ1) is 25.0. The SMILES string of the molecule is C[C@@H]1CN(c2sc(C(F)(F)F)nc2-c2nc3ccccc3[nH]2)CCN1C(=O)Cn1ccc(C(F)(F)F)n1. The smallest absolute Gasteiger partial charge is 0.358 e. The van der Waals surface area contributed by atoms with Gasteiger partial charge < -0.3 is 14.8 Å². The maximum absolute atomic E-state index is 13.6. The maximum atomic E-state index is 13.6. The Morgan fingerprint density at radius 2 is 1.84 bits per heavy atom. The van der Waals surface area contributed by atoms with E-state index < -0.39 is 35.0 Å². The molecule has 196 valence electrons. The van der Waals surface area contributed by atoms with Crippen molar-refractivity contribution in [2.24, 2.45) is 0 Å². The third kappa shape index (κ3) is 4.99. The minimum absolute atomic E-state index is 0.0664. The molecule has 0 radical (unpaired) electrons. The Labute approximate surface area is 209 Å². The van der Waals surface area contributed by atoms with E-state index in [2.05, 4.69) is 20.1 Å². The van der Waals surface area contributed by atoms with Crippen molar-refractivity contribution in [3.05, 3.63) is 47.2 Å². The fourth-order valence-corrected chi connectivity index (χ4v) is 5.18. The highest BCUT2D eigenvalue weighted by Crippen LogP contribution is 2.42. The van der Waals surface area contributed by atoms with E-state index in [9.17, 15) is 31.1 Å². The summed E-state index contributed by atoms with van der Waals surface area (Å²) in [6, 6.07) is 7.39. The number of piperazine rings is 1. The molecule has 8 nitrogen and oxygen atoms in total. The van der Waals surface area contributed by atoms with Crippen LogP contribution in [0.4, 0.5) is 31.3 Å². The minimum atomic E-state index is -4.65. The molecular weight excluding hydrogens is 524 g/mol. The van der Waals surface area contributed by atoms with E-state index in [0.29, 0.717) is 22.4 Å². The van der Waals surface area contributed by atoms with Gasteiger partial charge in [-0.3, -0.25) is 9.48 Å². The molecule has 0 bridgehead atoms. The zero-order valence-electron chi connectivity index (χ0n) is 19.1. The first-order valence-electron chi connectivity index (χ1n) is 11.1. The first-order chi connectivity index (χ1) is 17.4. The van der Waals surface area contributed by atoms with Crippen LogP contribution in [0.25, 0.3) is 22.6 Å². The van der Waals surface area contributed by atoms with Gasteiger partial charge in [0.2, 0.25) is 10.9 Å². The van der Waals surface area contributed by atoms with Crippen molar-refractivity contribution >= 4 is 33.3 Å². The van der Waals surface area contributed by atoms with Crippen LogP contribution in [0, 0.1) is 0 Å². The quantitative estimate of drug-likeness (QED) is 0.379. The zero-order chi connectivity index (χ0) is 26.5.